The van der Waals surface area contributed by atoms with E-state index < -0.39 is 4.92 Å². The molecule has 0 aliphatic rings. The smallest absolute Gasteiger partial charge is 0.292 e. The molecule has 0 fully saturated rings. The van der Waals surface area contributed by atoms with E-state index in [9.17, 15) is 19.3 Å². The van der Waals surface area contributed by atoms with E-state index in [4.69, 9.17) is 0 Å². The minimum atomic E-state index is -0.535. The number of nitrogens with zero attached hydrogens (tertiary/aromatic N) is 3. The van der Waals surface area contributed by atoms with E-state index in [0.717, 1.165) is 21.5 Å². The highest BCUT2D eigenvalue weighted by Crippen LogP contribution is 2.32. The van der Waals surface area contributed by atoms with E-state index in [0.29, 0.717) is 4.34 Å². The van der Waals surface area contributed by atoms with Crippen LogP contribution in [0.2, 0.25) is 0 Å². The molecule has 32 heavy (non-hydrogen) atoms. The lowest BCUT2D eigenvalue weighted by Gasteiger charge is -2.04. The average Bonchev–Trinajstić information content (AvgIpc) is 3.20. The first-order valence-corrected chi connectivity index (χ1v) is 11.1. The summed E-state index contributed by atoms with van der Waals surface area (Å²) in [5.41, 5.74) is 2.32. The molecule has 0 atom stereocenters. The van der Waals surface area contributed by atoms with Crippen molar-refractivity contribution in [3.8, 4) is 0 Å². The Labute approximate surface area is 190 Å². The number of thiazole rings is 1. The number of nitro groups is 1. The summed E-state index contributed by atoms with van der Waals surface area (Å²) in [6.07, 6.45) is 1.66. The lowest BCUT2D eigenvalue weighted by atomic mass is 10.2. The first-order valence-electron chi connectivity index (χ1n) is 9.34. The molecule has 0 aliphatic carbocycles. The van der Waals surface area contributed by atoms with Crippen molar-refractivity contribution in [2.24, 2.45) is 4.99 Å². The molecule has 0 aliphatic heterocycles. The molecule has 1 aromatic heterocycles. The SMILES string of the molecule is O=C(CSc1nc2ccc(N=Cc3ccc(F)cc3)cc2s1)Nc1ccccc1[N+](=O)[O-]. The number of carbonyl (C=O) groups is 1. The van der Waals surface area contributed by atoms with Gasteiger partial charge in [-0.2, -0.15) is 0 Å². The lowest BCUT2D eigenvalue weighted by Crippen LogP contribution is -2.15. The Bertz CT molecular complexity index is 1320. The zero-order valence-corrected chi connectivity index (χ0v) is 18.0. The number of hydrogen-bond donors (Lipinski definition) is 1. The van der Waals surface area contributed by atoms with Crippen LogP contribution in [-0.4, -0.2) is 27.8 Å². The molecule has 0 spiro atoms. The Morgan fingerprint density at radius 2 is 1.97 bits per heavy atom. The highest BCUT2D eigenvalue weighted by atomic mass is 32.2. The number of halogens is 1. The van der Waals surface area contributed by atoms with Crippen LogP contribution in [0.25, 0.3) is 10.2 Å². The van der Waals surface area contributed by atoms with E-state index in [1.165, 1.54) is 47.4 Å². The molecule has 0 unspecified atom stereocenters. The third kappa shape index (κ3) is 5.34. The molecule has 0 saturated heterocycles. The number of rotatable bonds is 7. The molecule has 4 aromatic rings. The fraction of sp³-hybridized carbons (Fsp3) is 0.0455. The van der Waals surface area contributed by atoms with Crippen LogP contribution in [0, 0.1) is 15.9 Å². The van der Waals surface area contributed by atoms with Crippen molar-refractivity contribution >= 4 is 62.5 Å². The van der Waals surface area contributed by atoms with Crippen molar-refractivity contribution < 1.29 is 14.1 Å². The molecule has 0 saturated carbocycles. The third-order valence-corrected chi connectivity index (χ3v) is 6.45. The zero-order chi connectivity index (χ0) is 22.5. The minimum Gasteiger partial charge on any atom is -0.320 e. The van der Waals surface area contributed by atoms with Crippen LogP contribution >= 0.6 is 23.1 Å². The summed E-state index contributed by atoms with van der Waals surface area (Å²) in [5, 5.41) is 13.6. The van der Waals surface area contributed by atoms with Crippen LogP contribution in [0.3, 0.4) is 0 Å². The quantitative estimate of drug-likeness (QED) is 0.160. The Balaban J connectivity index is 1.40. The molecule has 1 N–H and O–H groups in total. The number of fused-ring (bicyclic) bond motifs is 1. The van der Waals surface area contributed by atoms with Gasteiger partial charge in [0.2, 0.25) is 5.91 Å². The van der Waals surface area contributed by atoms with Gasteiger partial charge in [-0.25, -0.2) is 9.37 Å². The van der Waals surface area contributed by atoms with Crippen LogP contribution in [-0.2, 0) is 4.79 Å². The molecule has 7 nitrogen and oxygen atoms in total. The molecule has 1 heterocycles. The lowest BCUT2D eigenvalue weighted by molar-refractivity contribution is -0.383. The van der Waals surface area contributed by atoms with Crippen LogP contribution in [0.4, 0.5) is 21.5 Å². The van der Waals surface area contributed by atoms with Gasteiger partial charge in [0.1, 0.15) is 11.5 Å². The van der Waals surface area contributed by atoms with Crippen molar-refractivity contribution in [3.63, 3.8) is 0 Å². The number of aliphatic imine (C=N–C) groups is 1. The van der Waals surface area contributed by atoms with E-state index in [-0.39, 0.29) is 28.9 Å². The Hall–Kier alpha value is -3.63. The fourth-order valence-corrected chi connectivity index (χ4v) is 4.69. The van der Waals surface area contributed by atoms with Crippen LogP contribution in [0.1, 0.15) is 5.56 Å². The number of nitro benzene ring substituents is 1. The normalized spacial score (nSPS) is 11.2. The molecule has 0 radical (unpaired) electrons. The van der Waals surface area contributed by atoms with Gasteiger partial charge in [-0.1, -0.05) is 36.0 Å². The van der Waals surface area contributed by atoms with Crippen LogP contribution in [0.15, 0.2) is 76.1 Å². The van der Waals surface area contributed by atoms with E-state index >= 15 is 0 Å². The standard InChI is InChI=1S/C22H15FN4O3S2/c23-15-7-5-14(6-8-15)12-24-16-9-10-18-20(11-16)32-22(26-18)31-13-21(28)25-17-3-1-2-4-19(17)27(29)30/h1-12H,13H2,(H,25,28). The van der Waals surface area contributed by atoms with Gasteiger partial charge >= 0.3 is 0 Å². The molecule has 0 bridgehead atoms. The maximum Gasteiger partial charge on any atom is 0.292 e. The molecular formula is C22H15FN4O3S2. The molecule has 3 aromatic carbocycles. The predicted molar refractivity (Wildman–Crippen MR) is 126 cm³/mol. The first kappa shape index (κ1) is 21.6. The topological polar surface area (TPSA) is 97.5 Å². The third-order valence-electron chi connectivity index (χ3n) is 4.29. The van der Waals surface area contributed by atoms with Crippen molar-refractivity contribution in [1.82, 2.24) is 4.98 Å². The first-order chi connectivity index (χ1) is 15.5. The summed E-state index contributed by atoms with van der Waals surface area (Å²) in [7, 11) is 0. The van der Waals surface area contributed by atoms with Gasteiger partial charge in [0.25, 0.3) is 5.69 Å². The van der Waals surface area contributed by atoms with E-state index in [2.05, 4.69) is 15.3 Å². The van der Waals surface area contributed by atoms with E-state index in [1.807, 2.05) is 18.2 Å². The zero-order valence-electron chi connectivity index (χ0n) is 16.4. The number of anilines is 1. The van der Waals surface area contributed by atoms with Gasteiger partial charge in [0.15, 0.2) is 4.34 Å². The highest BCUT2D eigenvalue weighted by Gasteiger charge is 2.15. The van der Waals surface area contributed by atoms with Crippen molar-refractivity contribution in [2.45, 2.75) is 4.34 Å². The van der Waals surface area contributed by atoms with Gasteiger partial charge < -0.3 is 5.32 Å². The Morgan fingerprint density at radius 1 is 1.19 bits per heavy atom. The number of amides is 1. The number of thioether (sulfide) groups is 1. The molecule has 1 amide bonds. The Morgan fingerprint density at radius 3 is 2.75 bits per heavy atom. The molecular weight excluding hydrogens is 451 g/mol. The summed E-state index contributed by atoms with van der Waals surface area (Å²) in [5.74, 6) is -0.580. The second-order valence-corrected chi connectivity index (χ2v) is 8.81. The number of nitrogens with one attached hydrogen (secondary N) is 1. The second kappa shape index (κ2) is 9.67. The van der Waals surface area contributed by atoms with E-state index in [1.54, 1.807) is 30.5 Å². The number of aromatic nitrogens is 1. The maximum absolute atomic E-state index is 13.0. The summed E-state index contributed by atoms with van der Waals surface area (Å²) in [6, 6.07) is 17.6. The minimum absolute atomic E-state index is 0.0709. The molecule has 10 heteroatoms. The van der Waals surface area contributed by atoms with Gasteiger partial charge in [-0.15, -0.1) is 11.3 Å². The average molecular weight is 467 g/mol. The largest absolute Gasteiger partial charge is 0.320 e. The van der Waals surface area contributed by atoms with Gasteiger partial charge in [0.05, 0.1) is 26.6 Å². The summed E-state index contributed by atoms with van der Waals surface area (Å²) in [4.78, 5) is 31.7. The predicted octanol–water partition coefficient (Wildman–Crippen LogP) is 5.83. The summed E-state index contributed by atoms with van der Waals surface area (Å²) in [6.45, 7) is 0. The fourth-order valence-electron chi connectivity index (χ4n) is 2.78. The monoisotopic (exact) mass is 466 g/mol. The summed E-state index contributed by atoms with van der Waals surface area (Å²) >= 11 is 2.69. The highest BCUT2D eigenvalue weighted by molar-refractivity contribution is 8.01. The number of para-hydroxylation sites is 2. The Kier molecular flexibility index (Phi) is 6.52. The maximum atomic E-state index is 13.0. The van der Waals surface area contributed by atoms with Gasteiger partial charge in [0, 0.05) is 12.3 Å². The van der Waals surface area contributed by atoms with Crippen LogP contribution in [0.5, 0.6) is 0 Å². The van der Waals surface area contributed by atoms with Crippen molar-refractivity contribution in [3.05, 3.63) is 88.2 Å². The number of benzene rings is 3. The summed E-state index contributed by atoms with van der Waals surface area (Å²) < 4.78 is 14.6. The molecule has 4 rings (SSSR count). The van der Waals surface area contributed by atoms with Crippen molar-refractivity contribution in [1.29, 1.82) is 0 Å². The van der Waals surface area contributed by atoms with Crippen molar-refractivity contribution in [2.75, 3.05) is 11.1 Å². The van der Waals surface area contributed by atoms with Gasteiger partial charge in [-0.3, -0.25) is 19.9 Å². The molecule has 160 valence electrons. The second-order valence-electron chi connectivity index (χ2n) is 6.55. The number of carbonyl (C=O) groups excluding carboxylic acids is 1. The van der Waals surface area contributed by atoms with Crippen LogP contribution < -0.4 is 5.32 Å². The van der Waals surface area contributed by atoms with Gasteiger partial charge in [-0.05, 0) is 42.0 Å². The number of hydrogen-bond acceptors (Lipinski definition) is 7.